The number of carbonyl (C=O) groups excluding carboxylic acids is 1. The van der Waals surface area contributed by atoms with Crippen LogP contribution in [0.25, 0.3) is 10.6 Å². The Morgan fingerprint density at radius 3 is 2.54 bits per heavy atom. The number of ether oxygens (including phenoxy) is 1. The number of nitrogens with one attached hydrogen (secondary N) is 2. The largest absolute Gasteiger partial charge is 0.435 e. The zero-order valence-corrected chi connectivity index (χ0v) is 15.9. The third-order valence-electron chi connectivity index (χ3n) is 3.85. The third-order valence-corrected chi connectivity index (χ3v) is 4.79. The molecule has 2 amide bonds. The molecule has 3 aromatic rings. The SMILES string of the molecule is Cc1ccc(-c2nc(CCNC(=O)Nc3ccc(OC(F)F)cc3)cs2)cc1. The predicted molar refractivity (Wildman–Crippen MR) is 106 cm³/mol. The quantitative estimate of drug-likeness (QED) is 0.578. The summed E-state index contributed by atoms with van der Waals surface area (Å²) in [6, 6.07) is 13.5. The van der Waals surface area contributed by atoms with Gasteiger partial charge in [0.1, 0.15) is 10.8 Å². The fourth-order valence-electron chi connectivity index (χ4n) is 2.45. The molecule has 0 aliphatic heterocycles. The van der Waals surface area contributed by atoms with Gasteiger partial charge in [-0.15, -0.1) is 11.3 Å². The third kappa shape index (κ3) is 5.75. The Labute approximate surface area is 165 Å². The first-order valence-electron chi connectivity index (χ1n) is 8.61. The Morgan fingerprint density at radius 1 is 1.14 bits per heavy atom. The molecule has 0 aliphatic rings. The summed E-state index contributed by atoms with van der Waals surface area (Å²) in [7, 11) is 0. The van der Waals surface area contributed by atoms with Crippen molar-refractivity contribution in [2.24, 2.45) is 0 Å². The Balaban J connectivity index is 1.45. The molecule has 0 fully saturated rings. The van der Waals surface area contributed by atoms with Gasteiger partial charge in [0.15, 0.2) is 0 Å². The number of urea groups is 1. The molecule has 0 saturated carbocycles. The van der Waals surface area contributed by atoms with Crippen LogP contribution >= 0.6 is 11.3 Å². The molecule has 28 heavy (non-hydrogen) atoms. The Morgan fingerprint density at radius 2 is 1.86 bits per heavy atom. The van der Waals surface area contributed by atoms with Crippen LogP contribution in [0, 0.1) is 6.92 Å². The van der Waals surface area contributed by atoms with Gasteiger partial charge in [0, 0.05) is 29.6 Å². The van der Waals surface area contributed by atoms with Gasteiger partial charge in [-0.2, -0.15) is 8.78 Å². The van der Waals surface area contributed by atoms with Gasteiger partial charge in [-0.3, -0.25) is 0 Å². The average Bonchev–Trinajstić information content (AvgIpc) is 3.12. The fourth-order valence-corrected chi connectivity index (χ4v) is 3.31. The Hall–Kier alpha value is -3.00. The first-order valence-corrected chi connectivity index (χ1v) is 9.49. The van der Waals surface area contributed by atoms with E-state index in [9.17, 15) is 13.6 Å². The lowest BCUT2D eigenvalue weighted by Crippen LogP contribution is -2.30. The highest BCUT2D eigenvalue weighted by Crippen LogP contribution is 2.24. The molecule has 1 heterocycles. The van der Waals surface area contributed by atoms with E-state index in [2.05, 4.69) is 32.5 Å². The van der Waals surface area contributed by atoms with Crippen LogP contribution in [0.5, 0.6) is 5.75 Å². The lowest BCUT2D eigenvalue weighted by molar-refractivity contribution is -0.0498. The second kappa shape index (κ2) is 9.27. The number of nitrogens with zero attached hydrogens (tertiary/aromatic N) is 1. The van der Waals surface area contributed by atoms with E-state index < -0.39 is 6.61 Å². The number of aryl methyl sites for hydroxylation is 1. The molecule has 0 atom stereocenters. The van der Waals surface area contributed by atoms with Crippen LogP contribution in [0.2, 0.25) is 0 Å². The second-order valence-electron chi connectivity index (χ2n) is 6.04. The summed E-state index contributed by atoms with van der Waals surface area (Å²) >= 11 is 1.57. The van der Waals surface area contributed by atoms with Crippen molar-refractivity contribution in [3.8, 4) is 16.3 Å². The maximum atomic E-state index is 12.1. The van der Waals surface area contributed by atoms with E-state index in [1.807, 2.05) is 24.4 Å². The topological polar surface area (TPSA) is 63.2 Å². The summed E-state index contributed by atoms with van der Waals surface area (Å²) < 4.78 is 28.5. The number of alkyl halides is 2. The average molecular weight is 403 g/mol. The number of thiazole rings is 1. The first-order chi connectivity index (χ1) is 13.5. The van der Waals surface area contributed by atoms with Crippen molar-refractivity contribution in [1.82, 2.24) is 10.3 Å². The molecule has 1 aromatic heterocycles. The highest BCUT2D eigenvalue weighted by Gasteiger charge is 2.07. The number of anilines is 1. The normalized spacial score (nSPS) is 10.7. The molecule has 2 aromatic carbocycles. The first kappa shape index (κ1) is 19.8. The molecule has 0 bridgehead atoms. The van der Waals surface area contributed by atoms with E-state index in [0.717, 1.165) is 16.3 Å². The fraction of sp³-hybridized carbons (Fsp3) is 0.200. The Kier molecular flexibility index (Phi) is 6.54. The van der Waals surface area contributed by atoms with Crippen LogP contribution in [0.1, 0.15) is 11.3 Å². The molecule has 2 N–H and O–H groups in total. The molecule has 0 aliphatic carbocycles. The number of hydrogen-bond donors (Lipinski definition) is 2. The maximum absolute atomic E-state index is 12.1. The summed E-state index contributed by atoms with van der Waals surface area (Å²) in [5.41, 5.74) is 3.67. The summed E-state index contributed by atoms with van der Waals surface area (Å²) in [5.74, 6) is 0.0360. The van der Waals surface area contributed by atoms with Crippen molar-refractivity contribution >= 4 is 23.1 Å². The number of halogens is 2. The van der Waals surface area contributed by atoms with Crippen molar-refractivity contribution in [2.75, 3.05) is 11.9 Å². The minimum absolute atomic E-state index is 0.0360. The maximum Gasteiger partial charge on any atom is 0.387 e. The summed E-state index contributed by atoms with van der Waals surface area (Å²) in [4.78, 5) is 16.5. The van der Waals surface area contributed by atoms with Crippen molar-refractivity contribution in [1.29, 1.82) is 0 Å². The Bertz CT molecular complexity index is 912. The van der Waals surface area contributed by atoms with Crippen LogP contribution < -0.4 is 15.4 Å². The van der Waals surface area contributed by atoms with E-state index in [4.69, 9.17) is 0 Å². The number of amides is 2. The molecule has 8 heteroatoms. The van der Waals surface area contributed by atoms with E-state index in [-0.39, 0.29) is 11.8 Å². The summed E-state index contributed by atoms with van der Waals surface area (Å²) in [6.45, 7) is -0.409. The molecular weight excluding hydrogens is 384 g/mol. The van der Waals surface area contributed by atoms with E-state index >= 15 is 0 Å². The predicted octanol–water partition coefficient (Wildman–Crippen LogP) is 5.08. The van der Waals surface area contributed by atoms with Crippen molar-refractivity contribution in [3.63, 3.8) is 0 Å². The number of carbonyl (C=O) groups is 1. The highest BCUT2D eigenvalue weighted by molar-refractivity contribution is 7.13. The van der Waals surface area contributed by atoms with Crippen LogP contribution in [0.15, 0.2) is 53.9 Å². The van der Waals surface area contributed by atoms with Crippen molar-refractivity contribution < 1.29 is 18.3 Å². The monoisotopic (exact) mass is 403 g/mol. The van der Waals surface area contributed by atoms with Gasteiger partial charge in [-0.1, -0.05) is 29.8 Å². The van der Waals surface area contributed by atoms with Gasteiger partial charge in [0.05, 0.1) is 5.69 Å². The zero-order chi connectivity index (χ0) is 19.9. The number of aromatic nitrogens is 1. The molecule has 0 saturated heterocycles. The molecule has 3 rings (SSSR count). The molecule has 0 unspecified atom stereocenters. The van der Waals surface area contributed by atoms with Crippen LogP contribution in [-0.4, -0.2) is 24.2 Å². The van der Waals surface area contributed by atoms with Gasteiger partial charge in [0.2, 0.25) is 0 Å². The molecule has 146 valence electrons. The van der Waals surface area contributed by atoms with Gasteiger partial charge >= 0.3 is 12.6 Å². The summed E-state index contributed by atoms with van der Waals surface area (Å²) in [5, 5.41) is 8.31. The van der Waals surface area contributed by atoms with Gasteiger partial charge in [-0.25, -0.2) is 9.78 Å². The van der Waals surface area contributed by atoms with Gasteiger partial charge < -0.3 is 15.4 Å². The van der Waals surface area contributed by atoms with E-state index in [1.165, 1.54) is 29.8 Å². The zero-order valence-electron chi connectivity index (χ0n) is 15.1. The van der Waals surface area contributed by atoms with Crippen LogP contribution in [0.4, 0.5) is 19.3 Å². The van der Waals surface area contributed by atoms with Crippen LogP contribution in [-0.2, 0) is 6.42 Å². The van der Waals surface area contributed by atoms with E-state index in [0.29, 0.717) is 18.7 Å². The van der Waals surface area contributed by atoms with Crippen LogP contribution in [0.3, 0.4) is 0 Å². The number of benzene rings is 2. The molecule has 0 radical (unpaired) electrons. The smallest absolute Gasteiger partial charge is 0.387 e. The lowest BCUT2D eigenvalue weighted by Gasteiger charge is -2.08. The van der Waals surface area contributed by atoms with Crippen molar-refractivity contribution in [2.45, 2.75) is 20.0 Å². The molecule has 0 spiro atoms. The molecular formula is C20H19F2N3O2S. The molecule has 5 nitrogen and oxygen atoms in total. The van der Waals surface area contributed by atoms with Crippen molar-refractivity contribution in [3.05, 3.63) is 65.2 Å². The lowest BCUT2D eigenvalue weighted by atomic mass is 10.2. The highest BCUT2D eigenvalue weighted by atomic mass is 32.1. The second-order valence-corrected chi connectivity index (χ2v) is 6.90. The number of hydrogen-bond acceptors (Lipinski definition) is 4. The minimum Gasteiger partial charge on any atom is -0.435 e. The van der Waals surface area contributed by atoms with Gasteiger partial charge in [0.25, 0.3) is 0 Å². The van der Waals surface area contributed by atoms with E-state index in [1.54, 1.807) is 11.3 Å². The van der Waals surface area contributed by atoms with Gasteiger partial charge in [-0.05, 0) is 31.2 Å². The minimum atomic E-state index is -2.88. The summed E-state index contributed by atoms with van der Waals surface area (Å²) in [6.07, 6.45) is 0.608. The standard InChI is InChI=1S/C20H19F2N3O2S/c1-13-2-4-14(5-3-13)18-24-16(12-28-18)10-11-23-20(26)25-15-6-8-17(9-7-15)27-19(21)22/h2-9,12,19H,10-11H2,1H3,(H2,23,25,26). The number of rotatable bonds is 7.